The molecule has 1 aliphatic rings. The van der Waals surface area contributed by atoms with E-state index in [1.54, 1.807) is 10.9 Å². The van der Waals surface area contributed by atoms with E-state index in [0.29, 0.717) is 17.9 Å². The molecule has 0 bridgehead atoms. The fourth-order valence-electron chi connectivity index (χ4n) is 2.96. The first kappa shape index (κ1) is 17.2. The van der Waals surface area contributed by atoms with Crippen molar-refractivity contribution in [1.82, 2.24) is 15.1 Å². The molecule has 1 aliphatic carbocycles. The van der Waals surface area contributed by atoms with Gasteiger partial charge in [0.2, 0.25) is 0 Å². The molecule has 0 spiro atoms. The number of para-hydroxylation sites is 1. The van der Waals surface area contributed by atoms with Gasteiger partial charge in [0.05, 0.1) is 23.1 Å². The molecule has 0 saturated heterocycles. The van der Waals surface area contributed by atoms with E-state index in [1.807, 2.05) is 37.3 Å². The van der Waals surface area contributed by atoms with Crippen LogP contribution in [0.1, 0.15) is 61.0 Å². The Morgan fingerprint density at radius 3 is 2.64 bits per heavy atom. The molecule has 1 amide bonds. The van der Waals surface area contributed by atoms with Crippen LogP contribution in [0.25, 0.3) is 5.69 Å². The number of nitrogens with zero attached hydrogens (tertiary/aromatic N) is 2. The average Bonchev–Trinajstić information content (AvgIpc) is 3.36. The van der Waals surface area contributed by atoms with Gasteiger partial charge in [-0.05, 0) is 31.4 Å². The number of aliphatic carboxylic acids is 1. The van der Waals surface area contributed by atoms with E-state index in [4.69, 9.17) is 0 Å². The van der Waals surface area contributed by atoms with E-state index in [-0.39, 0.29) is 5.91 Å². The fourth-order valence-corrected chi connectivity index (χ4v) is 2.96. The Kier molecular flexibility index (Phi) is 5.16. The quantitative estimate of drug-likeness (QED) is 0.772. The molecule has 1 aromatic carbocycles. The van der Waals surface area contributed by atoms with Crippen molar-refractivity contribution in [2.45, 2.75) is 51.0 Å². The third-order valence-electron chi connectivity index (χ3n) is 4.47. The summed E-state index contributed by atoms with van der Waals surface area (Å²) in [5.41, 5.74) is 2.27. The Morgan fingerprint density at radius 1 is 1.32 bits per heavy atom. The molecular weight excluding hydrogens is 318 g/mol. The molecule has 1 saturated carbocycles. The number of carbonyl (C=O) groups is 2. The van der Waals surface area contributed by atoms with Gasteiger partial charge >= 0.3 is 5.97 Å². The smallest absolute Gasteiger partial charge is 0.326 e. The van der Waals surface area contributed by atoms with Crippen molar-refractivity contribution in [3.8, 4) is 5.69 Å². The number of benzene rings is 1. The van der Waals surface area contributed by atoms with E-state index >= 15 is 0 Å². The lowest BCUT2D eigenvalue weighted by molar-refractivity contribution is -0.139. The van der Waals surface area contributed by atoms with Crippen molar-refractivity contribution in [2.75, 3.05) is 0 Å². The van der Waals surface area contributed by atoms with Gasteiger partial charge in [-0.2, -0.15) is 5.10 Å². The summed E-state index contributed by atoms with van der Waals surface area (Å²) in [5, 5.41) is 16.4. The fraction of sp³-hybridized carbons (Fsp3) is 0.421. The highest BCUT2D eigenvalue weighted by atomic mass is 16.4. The Hall–Kier alpha value is -2.63. The highest BCUT2D eigenvalue weighted by Gasteiger charge is 2.33. The number of hydrogen-bond acceptors (Lipinski definition) is 3. The molecule has 3 rings (SSSR count). The summed E-state index contributed by atoms with van der Waals surface area (Å²) in [5.74, 6) is -1.04. The lowest BCUT2D eigenvalue weighted by atomic mass is 10.1. The third-order valence-corrected chi connectivity index (χ3v) is 4.47. The molecule has 25 heavy (non-hydrogen) atoms. The Morgan fingerprint density at radius 2 is 2.04 bits per heavy atom. The van der Waals surface area contributed by atoms with E-state index < -0.39 is 12.0 Å². The number of hydrogen-bond donors (Lipinski definition) is 2. The van der Waals surface area contributed by atoms with Crippen LogP contribution in [0.3, 0.4) is 0 Å². The van der Waals surface area contributed by atoms with E-state index in [1.165, 1.54) is 0 Å². The summed E-state index contributed by atoms with van der Waals surface area (Å²) in [6, 6.07) is 8.82. The zero-order chi connectivity index (χ0) is 17.8. The molecule has 1 atom stereocenters. The zero-order valence-electron chi connectivity index (χ0n) is 14.3. The number of carboxylic acid groups (broad SMARTS) is 1. The van der Waals surface area contributed by atoms with Gasteiger partial charge in [-0.3, -0.25) is 4.79 Å². The minimum Gasteiger partial charge on any atom is -0.480 e. The summed E-state index contributed by atoms with van der Waals surface area (Å²) in [4.78, 5) is 24.1. The predicted molar refractivity (Wildman–Crippen MR) is 94.0 cm³/mol. The molecule has 6 nitrogen and oxygen atoms in total. The van der Waals surface area contributed by atoms with Crippen molar-refractivity contribution in [2.24, 2.45) is 0 Å². The summed E-state index contributed by atoms with van der Waals surface area (Å²) in [6.07, 6.45) is 5.68. The van der Waals surface area contributed by atoms with Crippen LogP contribution in [0.4, 0.5) is 0 Å². The number of unbranched alkanes of at least 4 members (excludes halogenated alkanes) is 1. The van der Waals surface area contributed by atoms with E-state index in [2.05, 4.69) is 10.4 Å². The lowest BCUT2D eigenvalue weighted by Gasteiger charge is -2.14. The molecule has 1 fully saturated rings. The van der Waals surface area contributed by atoms with Gasteiger partial charge in [-0.1, -0.05) is 38.0 Å². The molecule has 2 aromatic rings. The topological polar surface area (TPSA) is 84.2 Å². The first-order valence-corrected chi connectivity index (χ1v) is 8.78. The van der Waals surface area contributed by atoms with Crippen molar-refractivity contribution in [3.05, 3.63) is 47.8 Å². The molecule has 6 heteroatoms. The van der Waals surface area contributed by atoms with Crippen molar-refractivity contribution in [1.29, 1.82) is 0 Å². The third kappa shape index (κ3) is 3.90. The molecule has 0 unspecified atom stereocenters. The Balaban J connectivity index is 1.85. The van der Waals surface area contributed by atoms with Crippen LogP contribution in [0.5, 0.6) is 0 Å². The van der Waals surface area contributed by atoms with Crippen LogP contribution in [0.2, 0.25) is 0 Å². The first-order valence-electron chi connectivity index (χ1n) is 8.78. The summed E-state index contributed by atoms with van der Waals surface area (Å²) in [6.45, 7) is 2.00. The van der Waals surface area contributed by atoms with Gasteiger partial charge in [0.1, 0.15) is 6.04 Å². The summed E-state index contributed by atoms with van der Waals surface area (Å²) in [7, 11) is 0. The first-order chi connectivity index (χ1) is 12.1. The maximum Gasteiger partial charge on any atom is 0.326 e. The molecule has 1 heterocycles. The van der Waals surface area contributed by atoms with E-state index in [9.17, 15) is 14.7 Å². The normalized spacial score (nSPS) is 14.9. The number of carbonyl (C=O) groups excluding carboxylic acids is 1. The molecule has 132 valence electrons. The van der Waals surface area contributed by atoms with Crippen molar-refractivity contribution >= 4 is 11.9 Å². The second-order valence-corrected chi connectivity index (χ2v) is 6.47. The highest BCUT2D eigenvalue weighted by molar-refractivity contribution is 5.97. The van der Waals surface area contributed by atoms with Crippen LogP contribution in [0.15, 0.2) is 36.5 Å². The van der Waals surface area contributed by atoms with Gasteiger partial charge in [-0.15, -0.1) is 0 Å². The predicted octanol–water partition coefficient (Wildman–Crippen LogP) is 3.12. The SMILES string of the molecule is CCCC[C@H](NC(=O)c1cnn(-c2ccccc2)c1C1CC1)C(=O)O. The summed E-state index contributed by atoms with van der Waals surface area (Å²) >= 11 is 0. The van der Waals surface area contributed by atoms with Crippen LogP contribution < -0.4 is 5.32 Å². The molecule has 0 aliphatic heterocycles. The largest absolute Gasteiger partial charge is 0.480 e. The number of amides is 1. The minimum atomic E-state index is -0.995. The molecule has 2 N–H and O–H groups in total. The van der Waals surface area contributed by atoms with Crippen LogP contribution in [-0.2, 0) is 4.79 Å². The van der Waals surface area contributed by atoms with E-state index in [0.717, 1.165) is 37.1 Å². The maximum atomic E-state index is 12.7. The second kappa shape index (κ2) is 7.51. The standard InChI is InChI=1S/C19H23N3O3/c1-2-3-9-16(19(24)25)21-18(23)15-12-20-22(17(15)13-10-11-13)14-7-5-4-6-8-14/h4-8,12-13,16H,2-3,9-11H2,1H3,(H,21,23)(H,24,25)/t16-/m0/s1. The van der Waals surface area contributed by atoms with Crippen molar-refractivity contribution < 1.29 is 14.7 Å². The van der Waals surface area contributed by atoms with Crippen LogP contribution >= 0.6 is 0 Å². The lowest BCUT2D eigenvalue weighted by Crippen LogP contribution is -2.41. The van der Waals surface area contributed by atoms with Gasteiger partial charge in [0, 0.05) is 5.92 Å². The average molecular weight is 341 g/mol. The van der Waals surface area contributed by atoms with Gasteiger partial charge < -0.3 is 10.4 Å². The number of nitrogens with one attached hydrogen (secondary N) is 1. The monoisotopic (exact) mass is 341 g/mol. The number of rotatable bonds is 8. The van der Waals surface area contributed by atoms with Gasteiger partial charge in [0.15, 0.2) is 0 Å². The molecular formula is C19H23N3O3. The zero-order valence-corrected chi connectivity index (χ0v) is 14.3. The Labute approximate surface area is 146 Å². The van der Waals surface area contributed by atoms with Crippen LogP contribution in [-0.4, -0.2) is 32.8 Å². The number of carboxylic acids is 1. The summed E-state index contributed by atoms with van der Waals surface area (Å²) < 4.78 is 1.80. The van der Waals surface area contributed by atoms with Gasteiger partial charge in [0.25, 0.3) is 5.91 Å². The Bertz CT molecular complexity index is 751. The maximum absolute atomic E-state index is 12.7. The van der Waals surface area contributed by atoms with Crippen LogP contribution in [0, 0.1) is 0 Å². The van der Waals surface area contributed by atoms with Gasteiger partial charge in [-0.25, -0.2) is 9.48 Å². The highest BCUT2D eigenvalue weighted by Crippen LogP contribution is 2.42. The molecule has 0 radical (unpaired) electrons. The molecule has 1 aromatic heterocycles. The second-order valence-electron chi connectivity index (χ2n) is 6.47. The van der Waals surface area contributed by atoms with Crippen molar-refractivity contribution in [3.63, 3.8) is 0 Å². The number of aromatic nitrogens is 2. The minimum absolute atomic E-state index is 0.308.